The van der Waals surface area contributed by atoms with Crippen molar-refractivity contribution in [3.63, 3.8) is 0 Å². The smallest absolute Gasteiger partial charge is 0.208 e. The van der Waals surface area contributed by atoms with Gasteiger partial charge in [0.25, 0.3) is 0 Å². The Morgan fingerprint density at radius 1 is 1.24 bits per heavy atom. The Bertz CT molecular complexity index is 469. The van der Waals surface area contributed by atoms with Gasteiger partial charge in [-0.05, 0) is 31.1 Å². The van der Waals surface area contributed by atoms with Gasteiger partial charge in [0, 0.05) is 33.2 Å². The van der Waals surface area contributed by atoms with Gasteiger partial charge in [-0.15, -0.1) is 0 Å². The van der Waals surface area contributed by atoms with E-state index < -0.39 is 10.0 Å². The molecule has 0 aromatic carbocycles. The fourth-order valence-corrected chi connectivity index (χ4v) is 4.04. The Morgan fingerprint density at radius 3 is 2.57 bits per heavy atom. The minimum Gasteiger partial charge on any atom is -0.356 e. The van der Waals surface area contributed by atoms with Crippen molar-refractivity contribution in [2.24, 2.45) is 10.4 Å². The third kappa shape index (κ3) is 4.85. The Labute approximate surface area is 128 Å². The molecule has 0 radical (unpaired) electrons. The SMILES string of the molecule is CN=C(NCCCNS(C)(=O)=O)N1CCC2(CCCC2)C1. The number of guanidine groups is 1. The van der Waals surface area contributed by atoms with Crippen molar-refractivity contribution in [2.45, 2.75) is 38.5 Å². The van der Waals surface area contributed by atoms with E-state index in [9.17, 15) is 8.42 Å². The standard InChI is InChI=1S/C14H28N4O2S/c1-15-13(16-9-5-10-17-21(2,19)20)18-11-8-14(12-18)6-3-4-7-14/h17H,3-12H2,1-2H3,(H,15,16). The van der Waals surface area contributed by atoms with E-state index in [1.807, 2.05) is 7.05 Å². The van der Waals surface area contributed by atoms with Crippen LogP contribution in [0.2, 0.25) is 0 Å². The van der Waals surface area contributed by atoms with E-state index in [1.54, 1.807) is 0 Å². The van der Waals surface area contributed by atoms with Crippen LogP contribution in [0.15, 0.2) is 4.99 Å². The minimum atomic E-state index is -3.08. The molecule has 2 N–H and O–H groups in total. The second-order valence-corrected chi connectivity index (χ2v) is 8.21. The van der Waals surface area contributed by atoms with Crippen LogP contribution in [0.3, 0.4) is 0 Å². The van der Waals surface area contributed by atoms with Crippen LogP contribution in [0.5, 0.6) is 0 Å². The first kappa shape index (κ1) is 16.5. The van der Waals surface area contributed by atoms with E-state index in [-0.39, 0.29) is 0 Å². The first-order valence-electron chi connectivity index (χ1n) is 7.84. The maximum atomic E-state index is 11.0. The molecule has 1 heterocycles. The molecule has 0 atom stereocenters. The number of sulfonamides is 1. The normalized spacial score (nSPS) is 22.2. The highest BCUT2D eigenvalue weighted by Gasteiger charge is 2.40. The quantitative estimate of drug-likeness (QED) is 0.446. The summed E-state index contributed by atoms with van der Waals surface area (Å²) < 4.78 is 24.4. The van der Waals surface area contributed by atoms with Crippen LogP contribution in [0.4, 0.5) is 0 Å². The predicted molar refractivity (Wildman–Crippen MR) is 85.9 cm³/mol. The van der Waals surface area contributed by atoms with Gasteiger partial charge in [0.2, 0.25) is 10.0 Å². The molecule has 1 saturated heterocycles. The van der Waals surface area contributed by atoms with Crippen LogP contribution in [0.25, 0.3) is 0 Å². The lowest BCUT2D eigenvalue weighted by molar-refractivity contribution is 0.309. The van der Waals surface area contributed by atoms with Crippen LogP contribution in [0, 0.1) is 5.41 Å². The van der Waals surface area contributed by atoms with Crippen molar-refractivity contribution in [1.29, 1.82) is 0 Å². The van der Waals surface area contributed by atoms with Gasteiger partial charge in [0.15, 0.2) is 5.96 Å². The van der Waals surface area contributed by atoms with Gasteiger partial charge in [0.05, 0.1) is 6.26 Å². The monoisotopic (exact) mass is 316 g/mol. The molecule has 2 aliphatic rings. The van der Waals surface area contributed by atoms with Gasteiger partial charge < -0.3 is 10.2 Å². The van der Waals surface area contributed by atoms with Gasteiger partial charge in [0.1, 0.15) is 0 Å². The zero-order valence-electron chi connectivity index (χ0n) is 13.2. The molecule has 1 aliphatic heterocycles. The minimum absolute atomic E-state index is 0.465. The summed E-state index contributed by atoms with van der Waals surface area (Å²) in [7, 11) is -1.26. The summed E-state index contributed by atoms with van der Waals surface area (Å²) in [6.45, 7) is 3.40. The van der Waals surface area contributed by atoms with Crippen molar-refractivity contribution in [2.75, 3.05) is 39.5 Å². The van der Waals surface area contributed by atoms with E-state index in [2.05, 4.69) is 19.9 Å². The molecule has 1 aliphatic carbocycles. The second kappa shape index (κ2) is 6.96. The summed E-state index contributed by atoms with van der Waals surface area (Å²) in [5.41, 5.74) is 0.537. The molecule has 21 heavy (non-hydrogen) atoms. The third-order valence-corrected chi connectivity index (χ3v) is 5.34. The van der Waals surface area contributed by atoms with Gasteiger partial charge in [-0.25, -0.2) is 13.1 Å². The molecule has 7 heteroatoms. The molecule has 1 saturated carbocycles. The molecule has 2 fully saturated rings. The number of hydrogen-bond acceptors (Lipinski definition) is 3. The molecule has 0 amide bonds. The Kier molecular flexibility index (Phi) is 5.48. The van der Waals surface area contributed by atoms with Gasteiger partial charge in [-0.3, -0.25) is 4.99 Å². The van der Waals surface area contributed by atoms with Crippen LogP contribution < -0.4 is 10.0 Å². The van der Waals surface area contributed by atoms with Crippen molar-refractivity contribution >= 4 is 16.0 Å². The van der Waals surface area contributed by atoms with Crippen LogP contribution >= 0.6 is 0 Å². The van der Waals surface area contributed by atoms with Gasteiger partial charge in [-0.1, -0.05) is 12.8 Å². The lowest BCUT2D eigenvalue weighted by atomic mass is 9.86. The van der Waals surface area contributed by atoms with E-state index in [4.69, 9.17) is 0 Å². The fraction of sp³-hybridized carbons (Fsp3) is 0.929. The van der Waals surface area contributed by atoms with Crippen molar-refractivity contribution < 1.29 is 8.42 Å². The number of nitrogens with one attached hydrogen (secondary N) is 2. The van der Waals surface area contributed by atoms with Gasteiger partial charge in [-0.2, -0.15) is 0 Å². The Balaban J connectivity index is 1.72. The second-order valence-electron chi connectivity index (χ2n) is 6.37. The van der Waals surface area contributed by atoms with Crippen LogP contribution in [-0.2, 0) is 10.0 Å². The number of likely N-dealkylation sites (tertiary alicyclic amines) is 1. The van der Waals surface area contributed by atoms with Crippen LogP contribution in [0.1, 0.15) is 38.5 Å². The number of aliphatic imine (C=N–C) groups is 1. The van der Waals surface area contributed by atoms with Crippen molar-refractivity contribution in [3.05, 3.63) is 0 Å². The summed E-state index contributed by atoms with van der Waals surface area (Å²) in [6, 6.07) is 0. The molecule has 0 aromatic heterocycles. The fourth-order valence-electron chi connectivity index (χ4n) is 3.53. The summed E-state index contributed by atoms with van der Waals surface area (Å²) in [6.07, 6.45) is 8.69. The number of rotatable bonds is 5. The van der Waals surface area contributed by atoms with E-state index in [0.717, 1.165) is 32.0 Å². The number of hydrogen-bond donors (Lipinski definition) is 2. The average Bonchev–Trinajstić information content (AvgIpc) is 3.04. The Hall–Kier alpha value is -0.820. The van der Waals surface area contributed by atoms with Crippen molar-refractivity contribution in [3.8, 4) is 0 Å². The molecule has 122 valence electrons. The van der Waals surface area contributed by atoms with Crippen molar-refractivity contribution in [1.82, 2.24) is 14.9 Å². The zero-order valence-corrected chi connectivity index (χ0v) is 14.0. The molecular formula is C14H28N4O2S. The largest absolute Gasteiger partial charge is 0.356 e. The molecule has 0 unspecified atom stereocenters. The van der Waals surface area contributed by atoms with E-state index >= 15 is 0 Å². The first-order chi connectivity index (χ1) is 9.94. The molecule has 6 nitrogen and oxygen atoms in total. The third-order valence-electron chi connectivity index (χ3n) is 4.61. The highest BCUT2D eigenvalue weighted by molar-refractivity contribution is 7.88. The van der Waals surface area contributed by atoms with Gasteiger partial charge >= 0.3 is 0 Å². The highest BCUT2D eigenvalue weighted by Crippen LogP contribution is 2.45. The summed E-state index contributed by atoms with van der Waals surface area (Å²) >= 11 is 0. The van der Waals surface area contributed by atoms with E-state index in [1.165, 1.54) is 38.4 Å². The highest BCUT2D eigenvalue weighted by atomic mass is 32.2. The predicted octanol–water partition coefficient (Wildman–Crippen LogP) is 0.767. The average molecular weight is 316 g/mol. The number of nitrogens with zero attached hydrogens (tertiary/aromatic N) is 2. The molecule has 0 aromatic rings. The van der Waals surface area contributed by atoms with E-state index in [0.29, 0.717) is 12.0 Å². The molecular weight excluding hydrogens is 288 g/mol. The van der Waals surface area contributed by atoms with Crippen LogP contribution in [-0.4, -0.2) is 58.8 Å². The summed E-state index contributed by atoms with van der Waals surface area (Å²) in [5.74, 6) is 0.957. The topological polar surface area (TPSA) is 73.8 Å². The molecule has 2 rings (SSSR count). The maximum Gasteiger partial charge on any atom is 0.208 e. The first-order valence-corrected chi connectivity index (χ1v) is 9.74. The molecule has 1 spiro atoms. The Morgan fingerprint density at radius 2 is 1.95 bits per heavy atom. The lowest BCUT2D eigenvalue weighted by Gasteiger charge is -2.25. The lowest BCUT2D eigenvalue weighted by Crippen LogP contribution is -2.42. The summed E-state index contributed by atoms with van der Waals surface area (Å²) in [4.78, 5) is 6.72. The maximum absolute atomic E-state index is 11.0. The zero-order chi connectivity index (χ0) is 15.3. The summed E-state index contributed by atoms with van der Waals surface area (Å²) in [5, 5.41) is 3.35. The molecule has 0 bridgehead atoms.